The van der Waals surface area contributed by atoms with Gasteiger partial charge >= 0.3 is 0 Å². The van der Waals surface area contributed by atoms with E-state index in [0.717, 1.165) is 67.6 Å². The number of pyridine rings is 1. The molecular weight excluding hydrogens is 376 g/mol. The van der Waals surface area contributed by atoms with Crippen LogP contribution < -0.4 is 5.32 Å². The third kappa shape index (κ3) is 4.32. The highest BCUT2D eigenvalue weighted by atomic mass is 16.2. The third-order valence-corrected chi connectivity index (χ3v) is 5.91. The molecule has 2 aliphatic rings. The zero-order valence-electron chi connectivity index (χ0n) is 17.2. The molecule has 7 heteroatoms. The zero-order valence-corrected chi connectivity index (χ0v) is 17.2. The lowest BCUT2D eigenvalue weighted by Crippen LogP contribution is -2.43. The van der Waals surface area contributed by atoms with Crippen LogP contribution in [0.25, 0.3) is 22.0 Å². The molecule has 0 unspecified atom stereocenters. The number of nitrogens with one attached hydrogen (secondary N) is 1. The Labute approximate surface area is 176 Å². The molecule has 2 aromatic heterocycles. The molecule has 1 aliphatic heterocycles. The average molecular weight is 403 g/mol. The van der Waals surface area contributed by atoms with E-state index >= 15 is 0 Å². The second-order valence-electron chi connectivity index (χ2n) is 8.43. The van der Waals surface area contributed by atoms with Crippen LogP contribution in [0.5, 0.6) is 0 Å². The molecule has 0 spiro atoms. The molecule has 30 heavy (non-hydrogen) atoms. The van der Waals surface area contributed by atoms with Gasteiger partial charge in [-0.2, -0.15) is 0 Å². The number of hydrogen-bond acceptors (Lipinski definition) is 6. The van der Waals surface area contributed by atoms with Gasteiger partial charge in [-0.15, -0.1) is 10.2 Å². The van der Waals surface area contributed by atoms with Gasteiger partial charge in [-0.1, -0.05) is 6.07 Å². The van der Waals surface area contributed by atoms with E-state index in [2.05, 4.69) is 55.5 Å². The number of nitrogens with zero attached hydrogens (tertiary/aromatic N) is 5. The molecule has 1 aromatic carbocycles. The summed E-state index contributed by atoms with van der Waals surface area (Å²) in [6, 6.07) is 10.2. The first kappa shape index (κ1) is 19.1. The number of hydrogen-bond donors (Lipinski definition) is 1. The first-order chi connectivity index (χ1) is 14.6. The van der Waals surface area contributed by atoms with Crippen molar-refractivity contribution in [2.45, 2.75) is 19.4 Å². The number of carbonyl (C=O) groups excluding carboxylic acids is 1. The summed E-state index contributed by atoms with van der Waals surface area (Å²) in [5.74, 6) is 0.696. The van der Waals surface area contributed by atoms with E-state index in [9.17, 15) is 4.79 Å². The van der Waals surface area contributed by atoms with E-state index in [0.29, 0.717) is 5.82 Å². The van der Waals surface area contributed by atoms with Crippen molar-refractivity contribution in [2.75, 3.05) is 38.5 Å². The summed E-state index contributed by atoms with van der Waals surface area (Å²) >= 11 is 0. The maximum absolute atomic E-state index is 12.0. The minimum atomic E-state index is 0.0422. The Balaban J connectivity index is 1.36. The van der Waals surface area contributed by atoms with Gasteiger partial charge in [0.2, 0.25) is 5.91 Å². The van der Waals surface area contributed by atoms with Crippen molar-refractivity contribution >= 4 is 22.6 Å². The Bertz CT molecular complexity index is 1070. The van der Waals surface area contributed by atoms with Crippen molar-refractivity contribution in [3.63, 3.8) is 0 Å². The molecule has 1 N–H and O–H groups in total. The van der Waals surface area contributed by atoms with Crippen LogP contribution in [-0.4, -0.2) is 64.1 Å². The van der Waals surface area contributed by atoms with Crippen LogP contribution in [-0.2, 0) is 11.3 Å². The number of likely N-dealkylation sites (N-methyl/N-ethyl adjacent to an activating group) is 1. The minimum Gasteiger partial charge on any atom is -0.309 e. The SMILES string of the molecule is CN1CCN(Cc2cncc(-c3ccc4nnc(NC(=O)C5CC5)cc4c3)c2)CC1. The molecule has 0 radical (unpaired) electrons. The first-order valence-corrected chi connectivity index (χ1v) is 10.6. The molecule has 1 aliphatic carbocycles. The van der Waals surface area contributed by atoms with E-state index in [1.54, 1.807) is 0 Å². The summed E-state index contributed by atoms with van der Waals surface area (Å²) in [5, 5.41) is 12.2. The molecule has 2 fully saturated rings. The summed E-state index contributed by atoms with van der Waals surface area (Å²) in [4.78, 5) is 21.4. The van der Waals surface area contributed by atoms with E-state index in [4.69, 9.17) is 0 Å². The maximum atomic E-state index is 12.0. The Kier molecular flexibility index (Phi) is 5.14. The van der Waals surface area contributed by atoms with Crippen LogP contribution in [0.4, 0.5) is 5.82 Å². The third-order valence-electron chi connectivity index (χ3n) is 5.91. The molecule has 3 heterocycles. The molecule has 1 saturated carbocycles. The van der Waals surface area contributed by atoms with Gasteiger partial charge in [0.15, 0.2) is 5.82 Å². The molecule has 3 aromatic rings. The smallest absolute Gasteiger partial charge is 0.228 e. The lowest BCUT2D eigenvalue weighted by atomic mass is 10.0. The molecule has 154 valence electrons. The lowest BCUT2D eigenvalue weighted by Gasteiger charge is -2.32. The fourth-order valence-corrected chi connectivity index (χ4v) is 3.86. The fraction of sp³-hybridized carbons (Fsp3) is 0.391. The lowest BCUT2D eigenvalue weighted by molar-refractivity contribution is -0.117. The fourth-order valence-electron chi connectivity index (χ4n) is 3.86. The number of piperazine rings is 1. The number of benzene rings is 1. The van der Waals surface area contributed by atoms with Crippen molar-refractivity contribution in [1.82, 2.24) is 25.0 Å². The Morgan fingerprint density at radius 1 is 1.03 bits per heavy atom. The topological polar surface area (TPSA) is 74.2 Å². The molecule has 7 nitrogen and oxygen atoms in total. The van der Waals surface area contributed by atoms with Gasteiger partial charge in [0.1, 0.15) is 0 Å². The quantitative estimate of drug-likeness (QED) is 0.707. The Hall–Kier alpha value is -2.90. The van der Waals surface area contributed by atoms with Crippen LogP contribution in [0.15, 0.2) is 42.7 Å². The highest BCUT2D eigenvalue weighted by Crippen LogP contribution is 2.30. The average Bonchev–Trinajstić information content (AvgIpc) is 3.61. The second kappa shape index (κ2) is 8.08. The van der Waals surface area contributed by atoms with Gasteiger partial charge < -0.3 is 10.2 Å². The van der Waals surface area contributed by atoms with Crippen LogP contribution >= 0.6 is 0 Å². The number of carbonyl (C=O) groups is 1. The van der Waals surface area contributed by atoms with Gasteiger partial charge in [0.25, 0.3) is 0 Å². The number of aromatic nitrogens is 3. The van der Waals surface area contributed by atoms with Crippen LogP contribution in [0.1, 0.15) is 18.4 Å². The number of anilines is 1. The molecule has 0 atom stereocenters. The van der Waals surface area contributed by atoms with Gasteiger partial charge in [0.05, 0.1) is 5.52 Å². The van der Waals surface area contributed by atoms with E-state index in [1.165, 1.54) is 5.56 Å². The highest BCUT2D eigenvalue weighted by Gasteiger charge is 2.29. The first-order valence-electron chi connectivity index (χ1n) is 10.6. The molecule has 0 bridgehead atoms. The normalized spacial score (nSPS) is 17.9. The van der Waals surface area contributed by atoms with Gasteiger partial charge in [0, 0.05) is 62.0 Å². The van der Waals surface area contributed by atoms with Gasteiger partial charge in [-0.05, 0) is 55.3 Å². The largest absolute Gasteiger partial charge is 0.309 e. The van der Waals surface area contributed by atoms with Crippen LogP contribution in [0.3, 0.4) is 0 Å². The predicted octanol–water partition coefficient (Wildman–Crippen LogP) is 2.79. The van der Waals surface area contributed by atoms with E-state index in [1.807, 2.05) is 24.5 Å². The maximum Gasteiger partial charge on any atom is 0.228 e. The van der Waals surface area contributed by atoms with Crippen molar-refractivity contribution in [3.8, 4) is 11.1 Å². The van der Waals surface area contributed by atoms with Gasteiger partial charge in [-0.25, -0.2) is 0 Å². The summed E-state index contributed by atoms with van der Waals surface area (Å²) in [5.41, 5.74) is 4.21. The molecule has 1 amide bonds. The van der Waals surface area contributed by atoms with Crippen molar-refractivity contribution in [3.05, 3.63) is 48.3 Å². The summed E-state index contributed by atoms with van der Waals surface area (Å²) in [7, 11) is 2.17. The summed E-state index contributed by atoms with van der Waals surface area (Å²) in [6.07, 6.45) is 5.79. The molecule has 5 rings (SSSR count). The second-order valence-corrected chi connectivity index (χ2v) is 8.43. The van der Waals surface area contributed by atoms with Crippen molar-refractivity contribution < 1.29 is 4.79 Å². The Morgan fingerprint density at radius 3 is 2.67 bits per heavy atom. The monoisotopic (exact) mass is 402 g/mol. The summed E-state index contributed by atoms with van der Waals surface area (Å²) < 4.78 is 0. The van der Waals surface area contributed by atoms with Crippen LogP contribution in [0, 0.1) is 5.92 Å². The van der Waals surface area contributed by atoms with Gasteiger partial charge in [-0.3, -0.25) is 14.7 Å². The highest BCUT2D eigenvalue weighted by molar-refractivity contribution is 5.95. The zero-order chi connectivity index (χ0) is 20.5. The van der Waals surface area contributed by atoms with Crippen molar-refractivity contribution in [1.29, 1.82) is 0 Å². The molecule has 1 saturated heterocycles. The standard InChI is InChI=1S/C23H26N6O/c1-28-6-8-29(9-7-28)15-16-10-20(14-24-13-16)18-4-5-21-19(11-18)12-22(27-26-21)25-23(30)17-2-3-17/h4-5,10-14,17H,2-3,6-9,15H2,1H3,(H,25,27,30). The van der Waals surface area contributed by atoms with E-state index < -0.39 is 0 Å². The minimum absolute atomic E-state index is 0.0422. The molecular formula is C23H26N6O. The number of rotatable bonds is 5. The van der Waals surface area contributed by atoms with E-state index in [-0.39, 0.29) is 11.8 Å². The summed E-state index contributed by atoms with van der Waals surface area (Å²) in [6.45, 7) is 5.32. The van der Waals surface area contributed by atoms with Crippen LogP contribution in [0.2, 0.25) is 0 Å². The number of amides is 1. The van der Waals surface area contributed by atoms with Crippen molar-refractivity contribution in [2.24, 2.45) is 5.92 Å². The number of fused-ring (bicyclic) bond motifs is 1. The predicted molar refractivity (Wildman–Crippen MR) is 117 cm³/mol. The Morgan fingerprint density at radius 2 is 1.87 bits per heavy atom.